The van der Waals surface area contributed by atoms with Crippen LogP contribution in [-0.4, -0.2) is 16.9 Å². The van der Waals surface area contributed by atoms with Gasteiger partial charge in [0, 0.05) is 6.42 Å². The Balaban J connectivity index is 3.93. The molecular formula is C14H25Cl2F3. The molecule has 0 radical (unpaired) electrons. The summed E-state index contributed by atoms with van der Waals surface area (Å²) < 4.78 is 36.2. The van der Waals surface area contributed by atoms with Crippen molar-refractivity contribution in [1.82, 2.24) is 0 Å². The minimum atomic E-state index is -2.71. The molecule has 19 heavy (non-hydrogen) atoms. The highest BCUT2D eigenvalue weighted by Gasteiger charge is 2.41. The second kappa shape index (κ2) is 10.1. The first-order valence-electron chi connectivity index (χ1n) is 7.12. The summed E-state index contributed by atoms with van der Waals surface area (Å²) in [4.78, 5) is 0. The van der Waals surface area contributed by atoms with E-state index in [9.17, 15) is 13.2 Å². The smallest absolute Gasteiger partial charge is 0.241 e. The lowest BCUT2D eigenvalue weighted by Crippen LogP contribution is -2.36. The molecule has 2 unspecified atom stereocenters. The van der Waals surface area contributed by atoms with Gasteiger partial charge in [-0.15, -0.1) is 0 Å². The molecule has 0 aromatic carbocycles. The van der Waals surface area contributed by atoms with Crippen LogP contribution in [0.1, 0.15) is 65.2 Å². The lowest BCUT2D eigenvalue weighted by molar-refractivity contribution is 0.0873. The quantitative estimate of drug-likeness (QED) is 0.299. The monoisotopic (exact) mass is 320 g/mol. The molecule has 0 heterocycles. The molecule has 0 aromatic heterocycles. The molecule has 0 bridgehead atoms. The van der Waals surface area contributed by atoms with Crippen molar-refractivity contribution >= 4 is 23.2 Å². The van der Waals surface area contributed by atoms with Crippen molar-refractivity contribution in [2.75, 3.05) is 0 Å². The standard InChI is InChI=1S/C14H25Cl2F3/c1-3-4-5-6-7-8-9-11(2)14(15,16)12(17)10-13(18)19/h11-13H,3-10H2,1-2H3. The normalized spacial score (nSPS) is 15.8. The van der Waals surface area contributed by atoms with Crippen molar-refractivity contribution in [1.29, 1.82) is 0 Å². The number of hydrogen-bond acceptors (Lipinski definition) is 0. The molecule has 116 valence electrons. The van der Waals surface area contributed by atoms with Gasteiger partial charge in [-0.2, -0.15) is 0 Å². The Bertz CT molecular complexity index is 223. The van der Waals surface area contributed by atoms with Crippen LogP contribution in [0.25, 0.3) is 0 Å². The summed E-state index contributed by atoms with van der Waals surface area (Å²) >= 11 is 11.8. The maximum atomic E-state index is 13.6. The van der Waals surface area contributed by atoms with Crippen molar-refractivity contribution in [2.24, 2.45) is 5.92 Å². The molecule has 0 saturated heterocycles. The molecule has 0 N–H and O–H groups in total. The van der Waals surface area contributed by atoms with Crippen LogP contribution in [0, 0.1) is 5.92 Å². The van der Waals surface area contributed by atoms with Gasteiger partial charge in [0.15, 0.2) is 4.33 Å². The zero-order valence-electron chi connectivity index (χ0n) is 11.8. The third-order valence-corrected chi connectivity index (χ3v) is 4.67. The SMILES string of the molecule is CCCCCCCCC(C)C(Cl)(Cl)C(F)CC(F)F. The van der Waals surface area contributed by atoms with Crippen LogP contribution in [0.2, 0.25) is 0 Å². The largest absolute Gasteiger partial charge is 0.244 e. The molecule has 0 aromatic rings. The summed E-state index contributed by atoms with van der Waals surface area (Å²) in [7, 11) is 0. The Morgan fingerprint density at radius 2 is 1.47 bits per heavy atom. The van der Waals surface area contributed by atoms with Crippen molar-refractivity contribution in [2.45, 2.75) is 82.1 Å². The zero-order chi connectivity index (χ0) is 14.9. The first-order valence-corrected chi connectivity index (χ1v) is 7.88. The summed E-state index contributed by atoms with van der Waals surface area (Å²) in [6.07, 6.45) is 1.91. The van der Waals surface area contributed by atoms with E-state index >= 15 is 0 Å². The Hall–Kier alpha value is 0.370. The fourth-order valence-corrected chi connectivity index (χ4v) is 2.44. The first kappa shape index (κ1) is 19.4. The zero-order valence-corrected chi connectivity index (χ0v) is 13.3. The van der Waals surface area contributed by atoms with E-state index in [1.54, 1.807) is 6.92 Å². The van der Waals surface area contributed by atoms with Crippen molar-refractivity contribution in [3.05, 3.63) is 0 Å². The van der Waals surface area contributed by atoms with E-state index < -0.39 is 23.4 Å². The Morgan fingerprint density at radius 3 is 2.00 bits per heavy atom. The molecule has 0 aliphatic carbocycles. The van der Waals surface area contributed by atoms with E-state index in [-0.39, 0.29) is 5.92 Å². The topological polar surface area (TPSA) is 0 Å². The molecule has 0 nitrogen and oxygen atoms in total. The van der Waals surface area contributed by atoms with E-state index in [1.807, 2.05) is 0 Å². The van der Waals surface area contributed by atoms with Crippen LogP contribution in [0.4, 0.5) is 13.2 Å². The predicted molar refractivity (Wildman–Crippen MR) is 77.1 cm³/mol. The minimum absolute atomic E-state index is 0.323. The van der Waals surface area contributed by atoms with E-state index in [4.69, 9.17) is 23.2 Å². The second-order valence-electron chi connectivity index (χ2n) is 5.23. The molecule has 0 amide bonds. The molecule has 0 saturated carbocycles. The first-order chi connectivity index (χ1) is 8.82. The van der Waals surface area contributed by atoms with Crippen LogP contribution in [0.5, 0.6) is 0 Å². The van der Waals surface area contributed by atoms with Gasteiger partial charge in [0.1, 0.15) is 6.17 Å². The summed E-state index contributed by atoms with van der Waals surface area (Å²) in [5.74, 6) is -0.323. The van der Waals surface area contributed by atoms with Gasteiger partial charge in [0.05, 0.1) is 0 Å². The van der Waals surface area contributed by atoms with E-state index in [1.165, 1.54) is 19.3 Å². The van der Waals surface area contributed by atoms with Gasteiger partial charge in [-0.3, -0.25) is 0 Å². The Labute approximate surface area is 125 Å². The van der Waals surface area contributed by atoms with Gasteiger partial charge < -0.3 is 0 Å². The van der Waals surface area contributed by atoms with Gasteiger partial charge >= 0.3 is 0 Å². The number of hydrogen-bond donors (Lipinski definition) is 0. The Kier molecular flexibility index (Phi) is 10.3. The molecule has 0 aliphatic rings. The highest BCUT2D eigenvalue weighted by molar-refractivity contribution is 6.49. The van der Waals surface area contributed by atoms with Gasteiger partial charge in [-0.25, -0.2) is 13.2 Å². The molecule has 0 aliphatic heterocycles. The van der Waals surface area contributed by atoms with Crippen molar-refractivity contribution < 1.29 is 13.2 Å². The van der Waals surface area contributed by atoms with Gasteiger partial charge in [0.25, 0.3) is 0 Å². The molecule has 2 atom stereocenters. The van der Waals surface area contributed by atoms with Gasteiger partial charge in [-0.05, 0) is 12.3 Å². The summed E-state index contributed by atoms with van der Waals surface area (Å²) in [5.41, 5.74) is 0. The number of halogens is 5. The minimum Gasteiger partial charge on any atom is -0.244 e. The Morgan fingerprint density at radius 1 is 0.947 bits per heavy atom. The summed E-state index contributed by atoms with van der Waals surface area (Å²) in [6, 6.07) is 0. The van der Waals surface area contributed by atoms with E-state index in [0.29, 0.717) is 6.42 Å². The molecule has 0 spiro atoms. The molecular weight excluding hydrogens is 296 g/mol. The highest BCUT2D eigenvalue weighted by Crippen LogP contribution is 2.40. The van der Waals surface area contributed by atoms with Gasteiger partial charge in [0.2, 0.25) is 6.43 Å². The summed E-state index contributed by atoms with van der Waals surface area (Å²) in [6.45, 7) is 3.88. The number of alkyl halides is 5. The fourth-order valence-electron chi connectivity index (χ4n) is 2.05. The van der Waals surface area contributed by atoms with Crippen LogP contribution >= 0.6 is 23.2 Å². The predicted octanol–water partition coefficient (Wildman–Crippen LogP) is 6.54. The molecule has 5 heteroatoms. The average Bonchev–Trinajstić information content (AvgIpc) is 2.32. The fraction of sp³-hybridized carbons (Fsp3) is 1.00. The van der Waals surface area contributed by atoms with Crippen molar-refractivity contribution in [3.8, 4) is 0 Å². The van der Waals surface area contributed by atoms with Crippen molar-refractivity contribution in [3.63, 3.8) is 0 Å². The van der Waals surface area contributed by atoms with E-state index in [2.05, 4.69) is 6.92 Å². The number of rotatable bonds is 11. The number of unbranched alkanes of at least 4 members (excludes halogenated alkanes) is 5. The van der Waals surface area contributed by atoms with Crippen LogP contribution in [0.15, 0.2) is 0 Å². The van der Waals surface area contributed by atoms with Crippen LogP contribution in [0.3, 0.4) is 0 Å². The van der Waals surface area contributed by atoms with E-state index in [0.717, 1.165) is 19.3 Å². The third kappa shape index (κ3) is 8.29. The average molecular weight is 321 g/mol. The maximum absolute atomic E-state index is 13.6. The van der Waals surface area contributed by atoms with Gasteiger partial charge in [-0.1, -0.05) is 75.6 Å². The molecule has 0 fully saturated rings. The second-order valence-corrected chi connectivity index (χ2v) is 6.67. The maximum Gasteiger partial charge on any atom is 0.241 e. The lowest BCUT2D eigenvalue weighted by atomic mass is 9.94. The highest BCUT2D eigenvalue weighted by atomic mass is 35.5. The molecule has 0 rings (SSSR count). The van der Waals surface area contributed by atoms with Crippen LogP contribution in [-0.2, 0) is 0 Å². The van der Waals surface area contributed by atoms with Crippen LogP contribution < -0.4 is 0 Å². The lowest BCUT2D eigenvalue weighted by Gasteiger charge is -2.30. The third-order valence-electron chi connectivity index (χ3n) is 3.45. The summed E-state index contributed by atoms with van der Waals surface area (Å²) in [5, 5.41) is 0.